The van der Waals surface area contributed by atoms with Crippen LogP contribution in [-0.4, -0.2) is 25.7 Å². The molecule has 1 N–H and O–H groups in total. The van der Waals surface area contributed by atoms with Gasteiger partial charge in [0.1, 0.15) is 5.56 Å². The quantitative estimate of drug-likeness (QED) is 0.739. The molecule has 0 amide bonds. The Bertz CT molecular complexity index is 838. The number of nitrogens with zero attached hydrogens (tertiary/aromatic N) is 3. The number of benzene rings is 1. The van der Waals surface area contributed by atoms with Gasteiger partial charge in [0.25, 0.3) is 0 Å². The van der Waals surface area contributed by atoms with E-state index in [-0.39, 0.29) is 17.2 Å². The summed E-state index contributed by atoms with van der Waals surface area (Å²) in [4.78, 5) is 16.7. The molecule has 7 heteroatoms. The first-order valence-corrected chi connectivity index (χ1v) is 7.00. The number of hydrogen-bond donors (Lipinski definition) is 1. The molecule has 0 radical (unpaired) electrons. The number of fused-ring (bicyclic) bond motifs is 1. The Morgan fingerprint density at radius 1 is 1.40 bits per heavy atom. The van der Waals surface area contributed by atoms with Gasteiger partial charge < -0.3 is 5.11 Å². The van der Waals surface area contributed by atoms with Gasteiger partial charge in [0, 0.05) is 12.6 Å². The van der Waals surface area contributed by atoms with Crippen LogP contribution < -0.4 is 0 Å². The summed E-state index contributed by atoms with van der Waals surface area (Å²) in [5.41, 5.74) is 2.13. The molecule has 2 heterocycles. The number of aromatic hydroxyl groups is 1. The second-order valence-electron chi connectivity index (χ2n) is 4.39. The van der Waals surface area contributed by atoms with E-state index < -0.39 is 0 Å². The van der Waals surface area contributed by atoms with Crippen molar-refractivity contribution in [1.82, 2.24) is 14.8 Å². The van der Waals surface area contributed by atoms with Crippen LogP contribution in [0.1, 0.15) is 21.5 Å². The third-order valence-electron chi connectivity index (χ3n) is 3.18. The maximum absolute atomic E-state index is 12.5. The fourth-order valence-electron chi connectivity index (χ4n) is 2.08. The molecular formula is C13H10ClN3O2S. The summed E-state index contributed by atoms with van der Waals surface area (Å²) in [6, 6.07) is 3.54. The average Bonchev–Trinajstić information content (AvgIpc) is 2.94. The number of carbonyl (C=O) groups excluding carboxylic acids is 1. The summed E-state index contributed by atoms with van der Waals surface area (Å²) >= 11 is 7.27. The van der Waals surface area contributed by atoms with Gasteiger partial charge in [-0.05, 0) is 24.6 Å². The van der Waals surface area contributed by atoms with Gasteiger partial charge in [-0.1, -0.05) is 11.6 Å². The van der Waals surface area contributed by atoms with Crippen LogP contribution >= 0.6 is 22.9 Å². The molecule has 0 fully saturated rings. The van der Waals surface area contributed by atoms with E-state index in [0.29, 0.717) is 15.5 Å². The molecule has 0 unspecified atom stereocenters. The Morgan fingerprint density at radius 2 is 2.15 bits per heavy atom. The fourth-order valence-corrected chi connectivity index (χ4v) is 3.16. The van der Waals surface area contributed by atoms with Crippen LogP contribution in [0.2, 0.25) is 4.47 Å². The van der Waals surface area contributed by atoms with Crippen molar-refractivity contribution in [2.75, 3.05) is 0 Å². The van der Waals surface area contributed by atoms with Crippen LogP contribution in [0.25, 0.3) is 10.2 Å². The van der Waals surface area contributed by atoms with E-state index in [1.165, 1.54) is 22.2 Å². The lowest BCUT2D eigenvalue weighted by Crippen LogP contribution is -2.03. The Balaban J connectivity index is 2.17. The average molecular weight is 308 g/mol. The van der Waals surface area contributed by atoms with Gasteiger partial charge in [-0.3, -0.25) is 4.79 Å². The second kappa shape index (κ2) is 4.57. The summed E-state index contributed by atoms with van der Waals surface area (Å²) in [5, 5.41) is 13.7. The molecule has 3 rings (SSSR count). The first-order valence-electron chi connectivity index (χ1n) is 5.80. The summed E-state index contributed by atoms with van der Waals surface area (Å²) in [6.45, 7) is 1.82. The Kier molecular flexibility index (Phi) is 2.99. The van der Waals surface area contributed by atoms with Crippen LogP contribution in [0.3, 0.4) is 0 Å². The van der Waals surface area contributed by atoms with E-state index in [1.54, 1.807) is 13.1 Å². The molecule has 0 aliphatic carbocycles. The largest absolute Gasteiger partial charge is 0.493 e. The molecule has 0 atom stereocenters. The topological polar surface area (TPSA) is 68.0 Å². The van der Waals surface area contributed by atoms with Crippen molar-refractivity contribution in [3.8, 4) is 5.88 Å². The van der Waals surface area contributed by atoms with E-state index in [0.717, 1.165) is 10.3 Å². The van der Waals surface area contributed by atoms with Gasteiger partial charge in [0.05, 0.1) is 16.4 Å². The lowest BCUT2D eigenvalue weighted by molar-refractivity contribution is 0.103. The zero-order valence-corrected chi connectivity index (χ0v) is 12.3. The zero-order valence-electron chi connectivity index (χ0n) is 10.7. The van der Waals surface area contributed by atoms with Crippen molar-refractivity contribution in [2.45, 2.75) is 6.92 Å². The van der Waals surface area contributed by atoms with Crippen LogP contribution in [-0.2, 0) is 7.05 Å². The number of ketones is 1. The highest BCUT2D eigenvalue weighted by Gasteiger charge is 2.20. The lowest BCUT2D eigenvalue weighted by Gasteiger charge is -2.04. The maximum atomic E-state index is 12.5. The number of hydrogen-bond acceptors (Lipinski definition) is 5. The van der Waals surface area contributed by atoms with Crippen LogP contribution in [0.5, 0.6) is 5.88 Å². The molecule has 0 saturated heterocycles. The van der Waals surface area contributed by atoms with Gasteiger partial charge in [-0.25, -0.2) is 9.67 Å². The predicted molar refractivity (Wildman–Crippen MR) is 77.7 cm³/mol. The Hall–Kier alpha value is -1.92. The monoisotopic (exact) mass is 307 g/mol. The van der Waals surface area contributed by atoms with Gasteiger partial charge in [0.2, 0.25) is 5.88 Å². The van der Waals surface area contributed by atoms with Crippen LogP contribution in [0.15, 0.2) is 18.3 Å². The predicted octanol–water partition coefficient (Wildman–Crippen LogP) is 2.93. The molecular weight excluding hydrogens is 298 g/mol. The van der Waals surface area contributed by atoms with Gasteiger partial charge in [0.15, 0.2) is 10.3 Å². The van der Waals surface area contributed by atoms with Gasteiger partial charge in [-0.15, -0.1) is 11.3 Å². The highest BCUT2D eigenvalue weighted by atomic mass is 35.5. The molecule has 20 heavy (non-hydrogen) atoms. The van der Waals surface area contributed by atoms with Crippen molar-refractivity contribution in [3.63, 3.8) is 0 Å². The van der Waals surface area contributed by atoms with Gasteiger partial charge >= 0.3 is 0 Å². The fraction of sp³-hybridized carbons (Fsp3) is 0.154. The highest BCUT2D eigenvalue weighted by molar-refractivity contribution is 7.22. The molecule has 3 aromatic rings. The standard InChI is InChI=1S/C13H10ClN3O2S/c1-6-7(3-4-9-10(6)16-13(14)20-9)11(18)8-5-15-17(2)12(8)19/h3-5,19H,1-2H3. The molecule has 5 nitrogen and oxygen atoms in total. The summed E-state index contributed by atoms with van der Waals surface area (Å²) in [6.07, 6.45) is 1.36. The first kappa shape index (κ1) is 13.1. The molecule has 0 saturated carbocycles. The van der Waals surface area contributed by atoms with Crippen molar-refractivity contribution in [2.24, 2.45) is 7.05 Å². The van der Waals surface area contributed by atoms with Gasteiger partial charge in [-0.2, -0.15) is 5.10 Å². The number of aromatic nitrogens is 3. The molecule has 0 bridgehead atoms. The van der Waals surface area contributed by atoms with E-state index in [9.17, 15) is 9.90 Å². The minimum absolute atomic E-state index is 0.147. The SMILES string of the molecule is Cc1c(C(=O)c2cnn(C)c2O)ccc2sc(Cl)nc12. The van der Waals surface area contributed by atoms with Crippen molar-refractivity contribution < 1.29 is 9.90 Å². The Morgan fingerprint density at radius 3 is 2.80 bits per heavy atom. The second-order valence-corrected chi connectivity index (χ2v) is 6.00. The molecule has 0 spiro atoms. The van der Waals surface area contributed by atoms with E-state index in [2.05, 4.69) is 10.1 Å². The summed E-state index contributed by atoms with van der Waals surface area (Å²) in [7, 11) is 1.57. The summed E-state index contributed by atoms with van der Waals surface area (Å²) in [5.74, 6) is -0.426. The maximum Gasteiger partial charge on any atom is 0.220 e. The third kappa shape index (κ3) is 1.88. The molecule has 2 aromatic heterocycles. The number of rotatable bonds is 2. The van der Waals surface area contributed by atoms with E-state index >= 15 is 0 Å². The van der Waals surface area contributed by atoms with E-state index in [4.69, 9.17) is 11.6 Å². The Labute approximate surface area is 123 Å². The number of thiazole rings is 1. The molecule has 102 valence electrons. The first-order chi connectivity index (χ1) is 9.49. The van der Waals surface area contributed by atoms with Crippen LogP contribution in [0.4, 0.5) is 0 Å². The van der Waals surface area contributed by atoms with Crippen LogP contribution in [0, 0.1) is 6.92 Å². The lowest BCUT2D eigenvalue weighted by atomic mass is 10.00. The molecule has 0 aliphatic rings. The third-order valence-corrected chi connectivity index (χ3v) is 4.31. The number of halogens is 1. The minimum atomic E-state index is -0.279. The highest BCUT2D eigenvalue weighted by Crippen LogP contribution is 2.31. The normalized spacial score (nSPS) is 11.2. The molecule has 0 aliphatic heterocycles. The van der Waals surface area contributed by atoms with Crippen molar-refractivity contribution >= 4 is 38.9 Å². The van der Waals surface area contributed by atoms with Crippen molar-refractivity contribution in [3.05, 3.63) is 39.5 Å². The number of aryl methyl sites for hydroxylation is 2. The summed E-state index contributed by atoms with van der Waals surface area (Å²) < 4.78 is 2.62. The number of carbonyl (C=O) groups is 1. The van der Waals surface area contributed by atoms with E-state index in [1.807, 2.05) is 13.0 Å². The zero-order chi connectivity index (χ0) is 14.4. The smallest absolute Gasteiger partial charge is 0.220 e. The molecule has 1 aromatic carbocycles. The van der Waals surface area contributed by atoms with Crippen molar-refractivity contribution in [1.29, 1.82) is 0 Å². The minimum Gasteiger partial charge on any atom is -0.493 e.